The Bertz CT molecular complexity index is 860. The van der Waals surface area contributed by atoms with Gasteiger partial charge in [-0.05, 0) is 88.3 Å². The minimum Gasteiger partial charge on any atom is -0.454 e. The van der Waals surface area contributed by atoms with Gasteiger partial charge in [-0.1, -0.05) is 12.1 Å². The maximum absolute atomic E-state index is 13.3. The Morgan fingerprint density at radius 3 is 2.31 bits per heavy atom. The van der Waals surface area contributed by atoms with Crippen molar-refractivity contribution in [2.24, 2.45) is 17.3 Å². The highest BCUT2D eigenvalue weighted by molar-refractivity contribution is 6.00. The van der Waals surface area contributed by atoms with Crippen molar-refractivity contribution in [3.63, 3.8) is 0 Å². The van der Waals surface area contributed by atoms with Gasteiger partial charge in [0.1, 0.15) is 0 Å². The molecule has 4 aliphatic rings. The molecule has 3 atom stereocenters. The van der Waals surface area contributed by atoms with E-state index in [9.17, 15) is 14.4 Å². The van der Waals surface area contributed by atoms with Crippen LogP contribution in [-0.2, 0) is 14.3 Å². The van der Waals surface area contributed by atoms with Crippen LogP contribution >= 0.6 is 0 Å². The van der Waals surface area contributed by atoms with Gasteiger partial charge in [0.05, 0.1) is 5.41 Å². The van der Waals surface area contributed by atoms with E-state index in [2.05, 4.69) is 5.32 Å². The van der Waals surface area contributed by atoms with E-state index in [1.807, 2.05) is 26.0 Å². The maximum Gasteiger partial charge on any atom is 0.312 e. The molecule has 0 heterocycles. The summed E-state index contributed by atoms with van der Waals surface area (Å²) in [5, 5.41) is 3.17. The van der Waals surface area contributed by atoms with Gasteiger partial charge in [0.15, 0.2) is 6.10 Å². The fraction of sp³-hybridized carbons (Fsp3) is 0.625. The number of amides is 1. The monoisotopic (exact) mass is 397 g/mol. The highest BCUT2D eigenvalue weighted by atomic mass is 16.5. The summed E-state index contributed by atoms with van der Waals surface area (Å²) in [5.74, 6) is 0.435. The molecule has 5 heteroatoms. The van der Waals surface area contributed by atoms with Crippen LogP contribution in [0.25, 0.3) is 0 Å². The molecule has 5 nitrogen and oxygen atoms in total. The number of rotatable bonds is 5. The van der Waals surface area contributed by atoms with Crippen molar-refractivity contribution < 1.29 is 19.1 Å². The van der Waals surface area contributed by atoms with Gasteiger partial charge in [-0.15, -0.1) is 0 Å². The molecule has 0 aromatic heterocycles. The molecular weight excluding hydrogens is 366 g/mol. The maximum atomic E-state index is 13.3. The Hall–Kier alpha value is -2.17. The molecule has 4 aliphatic carbocycles. The van der Waals surface area contributed by atoms with E-state index >= 15 is 0 Å². The molecule has 1 amide bonds. The summed E-state index contributed by atoms with van der Waals surface area (Å²) in [7, 11) is 0. The highest BCUT2D eigenvalue weighted by Gasteiger charge is 2.61. The number of ketones is 1. The van der Waals surface area contributed by atoms with Gasteiger partial charge in [0.2, 0.25) is 11.7 Å². The standard InChI is InChI=1S/C24H31NO4/c1-14-5-6-20(7-15(14)2)21(27)16(3)29-22(28)23-9-18-8-19(10-23)12-24(11-18,13-23)25-17(4)26/h5-7,16,18-19H,8-13H2,1-4H3,(H,25,26). The van der Waals surface area contributed by atoms with Crippen LogP contribution in [0, 0.1) is 31.1 Å². The number of esters is 1. The zero-order valence-corrected chi connectivity index (χ0v) is 17.8. The highest BCUT2D eigenvalue weighted by Crippen LogP contribution is 2.62. The SMILES string of the molecule is CC(=O)NC12CC3CC(C1)CC(C(=O)OC(C)C(=O)c1ccc(C)c(C)c1)(C3)C2. The lowest BCUT2D eigenvalue weighted by Crippen LogP contribution is -2.64. The molecule has 4 saturated carbocycles. The number of carbonyl (C=O) groups is 3. The predicted molar refractivity (Wildman–Crippen MR) is 109 cm³/mol. The average molecular weight is 398 g/mol. The fourth-order valence-electron chi connectivity index (χ4n) is 6.49. The molecule has 4 fully saturated rings. The predicted octanol–water partition coefficient (Wildman–Crippen LogP) is 3.89. The summed E-state index contributed by atoms with van der Waals surface area (Å²) in [6.07, 6.45) is 4.49. The summed E-state index contributed by atoms with van der Waals surface area (Å²) < 4.78 is 5.77. The normalized spacial score (nSPS) is 33.2. The number of Topliss-reactive ketones (excluding diaryl/α,β-unsaturated/α-hetero) is 1. The Labute approximate surface area is 172 Å². The van der Waals surface area contributed by atoms with Crippen molar-refractivity contribution in [2.45, 2.75) is 77.9 Å². The summed E-state index contributed by atoms with van der Waals surface area (Å²) >= 11 is 0. The number of hydrogen-bond acceptors (Lipinski definition) is 4. The summed E-state index contributed by atoms with van der Waals surface area (Å²) in [6.45, 7) is 7.19. The Morgan fingerprint density at radius 2 is 1.72 bits per heavy atom. The van der Waals surface area contributed by atoms with E-state index in [1.165, 1.54) is 0 Å². The topological polar surface area (TPSA) is 72.5 Å². The van der Waals surface area contributed by atoms with Gasteiger partial charge >= 0.3 is 5.97 Å². The minimum absolute atomic E-state index is 0.0336. The van der Waals surface area contributed by atoms with Crippen LogP contribution in [0.4, 0.5) is 0 Å². The van der Waals surface area contributed by atoms with Crippen LogP contribution in [-0.4, -0.2) is 29.3 Å². The van der Waals surface area contributed by atoms with Gasteiger partial charge in [-0.3, -0.25) is 14.4 Å². The van der Waals surface area contributed by atoms with Crippen LogP contribution in [0.3, 0.4) is 0 Å². The molecule has 1 N–H and O–H groups in total. The van der Waals surface area contributed by atoms with E-state index in [4.69, 9.17) is 4.74 Å². The molecule has 1 aromatic carbocycles. The van der Waals surface area contributed by atoms with E-state index < -0.39 is 11.5 Å². The molecule has 0 aliphatic heterocycles. The minimum atomic E-state index is -0.811. The molecule has 1 aromatic rings. The zero-order chi connectivity index (χ0) is 21.0. The number of carbonyl (C=O) groups excluding carboxylic acids is 3. The Kier molecular flexibility index (Phi) is 4.83. The van der Waals surface area contributed by atoms with E-state index in [-0.39, 0.29) is 23.2 Å². The largest absolute Gasteiger partial charge is 0.454 e. The molecule has 0 radical (unpaired) electrons. The molecule has 4 bridgehead atoms. The van der Waals surface area contributed by atoms with Crippen LogP contribution < -0.4 is 5.32 Å². The summed E-state index contributed by atoms with van der Waals surface area (Å²) in [5.41, 5.74) is 1.91. The molecule has 0 spiro atoms. The van der Waals surface area contributed by atoms with Crippen LogP contribution in [0.2, 0.25) is 0 Å². The van der Waals surface area contributed by atoms with Gasteiger partial charge < -0.3 is 10.1 Å². The van der Waals surface area contributed by atoms with Crippen LogP contribution in [0.5, 0.6) is 0 Å². The lowest BCUT2D eigenvalue weighted by molar-refractivity contribution is -0.178. The molecule has 156 valence electrons. The van der Waals surface area contributed by atoms with Crippen LogP contribution in [0.15, 0.2) is 18.2 Å². The first-order chi connectivity index (χ1) is 13.6. The van der Waals surface area contributed by atoms with E-state index in [1.54, 1.807) is 19.9 Å². The second kappa shape index (κ2) is 6.96. The third-order valence-corrected chi connectivity index (χ3v) is 7.38. The van der Waals surface area contributed by atoms with Gasteiger partial charge in [-0.25, -0.2) is 0 Å². The lowest BCUT2D eigenvalue weighted by Gasteiger charge is -2.60. The van der Waals surface area contributed by atoms with E-state index in [0.717, 1.165) is 43.2 Å². The number of aryl methyl sites for hydroxylation is 2. The first kappa shape index (κ1) is 20.1. The van der Waals surface area contributed by atoms with Crippen molar-refractivity contribution in [3.8, 4) is 0 Å². The summed E-state index contributed by atoms with van der Waals surface area (Å²) in [6, 6.07) is 5.58. The number of hydrogen-bond donors (Lipinski definition) is 1. The Morgan fingerprint density at radius 1 is 1.07 bits per heavy atom. The number of ether oxygens (including phenoxy) is 1. The lowest BCUT2D eigenvalue weighted by atomic mass is 9.47. The summed E-state index contributed by atoms with van der Waals surface area (Å²) in [4.78, 5) is 38.0. The molecule has 3 unspecified atom stereocenters. The van der Waals surface area contributed by atoms with Crippen molar-refractivity contribution in [2.75, 3.05) is 0 Å². The fourth-order valence-corrected chi connectivity index (χ4v) is 6.49. The molecule has 0 saturated heterocycles. The third kappa shape index (κ3) is 3.60. The van der Waals surface area contributed by atoms with Gasteiger partial charge in [-0.2, -0.15) is 0 Å². The van der Waals surface area contributed by atoms with Crippen molar-refractivity contribution in [3.05, 3.63) is 34.9 Å². The third-order valence-electron chi connectivity index (χ3n) is 7.38. The molecular formula is C24H31NO4. The average Bonchev–Trinajstić information content (AvgIpc) is 2.61. The van der Waals surface area contributed by atoms with E-state index in [0.29, 0.717) is 23.8 Å². The quantitative estimate of drug-likeness (QED) is 0.604. The Balaban J connectivity index is 1.51. The van der Waals surface area contributed by atoms with Crippen molar-refractivity contribution >= 4 is 17.7 Å². The molecule has 29 heavy (non-hydrogen) atoms. The number of benzene rings is 1. The second-order valence-electron chi connectivity index (χ2n) is 9.91. The van der Waals surface area contributed by atoms with Gasteiger partial charge in [0.25, 0.3) is 0 Å². The zero-order valence-electron chi connectivity index (χ0n) is 17.8. The van der Waals surface area contributed by atoms with Gasteiger partial charge in [0, 0.05) is 18.0 Å². The first-order valence-electron chi connectivity index (χ1n) is 10.7. The molecule has 5 rings (SSSR count). The smallest absolute Gasteiger partial charge is 0.312 e. The van der Waals surface area contributed by atoms with Crippen LogP contribution in [0.1, 0.15) is 73.9 Å². The second-order valence-corrected chi connectivity index (χ2v) is 9.91. The van der Waals surface area contributed by atoms with Crippen molar-refractivity contribution in [1.82, 2.24) is 5.32 Å². The van der Waals surface area contributed by atoms with Crippen molar-refractivity contribution in [1.29, 1.82) is 0 Å². The first-order valence-corrected chi connectivity index (χ1v) is 10.7. The number of nitrogens with one attached hydrogen (secondary N) is 1.